The van der Waals surface area contributed by atoms with Crippen LogP contribution in [0.5, 0.6) is 5.75 Å². The molecular weight excluding hydrogens is 270 g/mol. The number of nitrogens with one attached hydrogen (secondary N) is 2. The molecule has 1 rings (SSSR count). The lowest BCUT2D eigenvalue weighted by atomic mass is 10.3. The van der Waals surface area contributed by atoms with Crippen molar-refractivity contribution < 1.29 is 14.3 Å². The smallest absolute Gasteiger partial charge is 0.255 e. The molecule has 1 aromatic rings. The Hall–Kier alpha value is -1.79. The number of hydrogen-bond acceptors (Lipinski definition) is 4. The van der Waals surface area contributed by atoms with Gasteiger partial charge in [0.1, 0.15) is 5.75 Å². The Balaban J connectivity index is 0.00000324. The predicted octanol–water partition coefficient (Wildman–Crippen LogP) is 0.520. The summed E-state index contributed by atoms with van der Waals surface area (Å²) in [5.74, 6) is -0.0587. The van der Waals surface area contributed by atoms with E-state index in [1.807, 2.05) is 0 Å². The highest BCUT2D eigenvalue weighted by molar-refractivity contribution is 5.90. The normalized spacial score (nSPS) is 9.32. The molecule has 0 aromatic heterocycles. The van der Waals surface area contributed by atoms with E-state index in [1.54, 1.807) is 31.3 Å². The summed E-state index contributed by atoms with van der Waals surface area (Å²) in [6.07, 6.45) is 0.413. The fraction of sp³-hybridized carbons (Fsp3) is 0.333. The number of primary amides is 1. The molecule has 0 unspecified atom stereocenters. The summed E-state index contributed by atoms with van der Waals surface area (Å²) >= 11 is 0. The topological polar surface area (TPSA) is 93.4 Å². The maximum Gasteiger partial charge on any atom is 0.255 e. The molecule has 0 radical (unpaired) electrons. The predicted molar refractivity (Wildman–Crippen MR) is 75.6 cm³/mol. The van der Waals surface area contributed by atoms with Crippen LogP contribution in [0.25, 0.3) is 0 Å². The Kier molecular flexibility index (Phi) is 8.32. The van der Waals surface area contributed by atoms with Crippen LogP contribution in [0.4, 0.5) is 5.69 Å². The molecule has 1 aromatic carbocycles. The molecule has 0 spiro atoms. The van der Waals surface area contributed by atoms with Crippen LogP contribution in [0.15, 0.2) is 24.3 Å². The van der Waals surface area contributed by atoms with Crippen molar-refractivity contribution >= 4 is 29.9 Å². The lowest BCUT2D eigenvalue weighted by molar-refractivity contribution is -0.120. The van der Waals surface area contributed by atoms with Gasteiger partial charge in [-0.15, -0.1) is 12.4 Å². The van der Waals surface area contributed by atoms with E-state index in [0.29, 0.717) is 24.4 Å². The molecule has 0 aliphatic heterocycles. The second-order valence-corrected chi connectivity index (χ2v) is 3.68. The van der Waals surface area contributed by atoms with Gasteiger partial charge in [0, 0.05) is 18.7 Å². The third-order valence-electron chi connectivity index (χ3n) is 2.12. The Labute approximate surface area is 118 Å². The van der Waals surface area contributed by atoms with Gasteiger partial charge < -0.3 is 21.1 Å². The lowest BCUT2D eigenvalue weighted by Gasteiger charge is -2.07. The molecule has 7 heteroatoms. The molecule has 6 nitrogen and oxygen atoms in total. The average Bonchev–Trinajstić information content (AvgIpc) is 2.35. The molecule has 0 heterocycles. The van der Waals surface area contributed by atoms with Gasteiger partial charge in [-0.25, -0.2) is 0 Å². The number of anilines is 1. The first kappa shape index (κ1) is 17.2. The molecule has 0 aliphatic carbocycles. The molecule has 0 aliphatic rings. The number of ether oxygens (including phenoxy) is 1. The second kappa shape index (κ2) is 9.18. The van der Waals surface area contributed by atoms with Gasteiger partial charge in [0.05, 0.1) is 0 Å². The highest BCUT2D eigenvalue weighted by Crippen LogP contribution is 2.15. The van der Waals surface area contributed by atoms with Crippen LogP contribution in [0, 0.1) is 0 Å². The first-order valence-corrected chi connectivity index (χ1v) is 5.57. The summed E-state index contributed by atoms with van der Waals surface area (Å²) < 4.78 is 5.10. The van der Waals surface area contributed by atoms with Gasteiger partial charge in [0.15, 0.2) is 6.61 Å². The summed E-state index contributed by atoms with van der Waals surface area (Å²) in [6.45, 7) is 0.472. The monoisotopic (exact) mass is 287 g/mol. The van der Waals surface area contributed by atoms with E-state index in [4.69, 9.17) is 10.5 Å². The van der Waals surface area contributed by atoms with Crippen LogP contribution in [-0.4, -0.2) is 32.0 Å². The van der Waals surface area contributed by atoms with E-state index in [-0.39, 0.29) is 24.9 Å². The van der Waals surface area contributed by atoms with Crippen LogP contribution < -0.4 is 21.1 Å². The SMILES string of the molecule is CNCCC(=O)Nc1ccc(OCC(N)=O)cc1.Cl. The van der Waals surface area contributed by atoms with E-state index in [2.05, 4.69) is 10.6 Å². The number of carbonyl (C=O) groups is 2. The molecule has 0 saturated carbocycles. The lowest BCUT2D eigenvalue weighted by Crippen LogP contribution is -2.20. The molecule has 0 atom stereocenters. The Bertz CT molecular complexity index is 409. The van der Waals surface area contributed by atoms with E-state index < -0.39 is 5.91 Å². The van der Waals surface area contributed by atoms with Gasteiger partial charge in [-0.1, -0.05) is 0 Å². The Morgan fingerprint density at radius 1 is 1.26 bits per heavy atom. The maximum absolute atomic E-state index is 11.4. The van der Waals surface area contributed by atoms with E-state index in [1.165, 1.54) is 0 Å². The summed E-state index contributed by atoms with van der Waals surface area (Å²) in [5, 5.41) is 5.64. The van der Waals surface area contributed by atoms with Crippen LogP contribution in [-0.2, 0) is 9.59 Å². The molecule has 106 valence electrons. The molecule has 19 heavy (non-hydrogen) atoms. The van der Waals surface area contributed by atoms with Crippen LogP contribution in [0.3, 0.4) is 0 Å². The van der Waals surface area contributed by atoms with Crippen LogP contribution >= 0.6 is 12.4 Å². The van der Waals surface area contributed by atoms with Crippen molar-refractivity contribution in [1.29, 1.82) is 0 Å². The quantitative estimate of drug-likeness (QED) is 0.681. The number of halogens is 1. The number of amides is 2. The largest absolute Gasteiger partial charge is 0.484 e. The third-order valence-corrected chi connectivity index (χ3v) is 2.12. The first-order chi connectivity index (χ1) is 8.61. The zero-order valence-corrected chi connectivity index (χ0v) is 11.5. The molecule has 0 fully saturated rings. The number of nitrogens with two attached hydrogens (primary N) is 1. The zero-order valence-electron chi connectivity index (χ0n) is 10.6. The maximum atomic E-state index is 11.4. The van der Waals surface area contributed by atoms with E-state index in [9.17, 15) is 9.59 Å². The minimum atomic E-state index is -0.528. The first-order valence-electron chi connectivity index (χ1n) is 5.57. The van der Waals surface area contributed by atoms with Crippen molar-refractivity contribution in [1.82, 2.24) is 5.32 Å². The van der Waals surface area contributed by atoms with Crippen molar-refractivity contribution in [2.24, 2.45) is 5.73 Å². The summed E-state index contributed by atoms with van der Waals surface area (Å²) in [7, 11) is 1.79. The van der Waals surface area contributed by atoms with E-state index >= 15 is 0 Å². The van der Waals surface area contributed by atoms with Crippen molar-refractivity contribution in [2.45, 2.75) is 6.42 Å². The van der Waals surface area contributed by atoms with E-state index in [0.717, 1.165) is 0 Å². The van der Waals surface area contributed by atoms with Crippen LogP contribution in [0.1, 0.15) is 6.42 Å². The van der Waals surface area contributed by atoms with Gasteiger partial charge in [-0.2, -0.15) is 0 Å². The fourth-order valence-corrected chi connectivity index (χ4v) is 1.25. The Morgan fingerprint density at radius 2 is 1.89 bits per heavy atom. The Morgan fingerprint density at radius 3 is 2.42 bits per heavy atom. The number of hydrogen-bond donors (Lipinski definition) is 3. The van der Waals surface area contributed by atoms with Gasteiger partial charge in [0.2, 0.25) is 5.91 Å². The molecule has 4 N–H and O–H groups in total. The molecule has 0 bridgehead atoms. The van der Waals surface area contributed by atoms with Crippen molar-refractivity contribution in [2.75, 3.05) is 25.5 Å². The van der Waals surface area contributed by atoms with Gasteiger partial charge in [0.25, 0.3) is 5.91 Å². The standard InChI is InChI=1S/C12H17N3O3.ClH/c1-14-7-6-12(17)15-9-2-4-10(5-3-9)18-8-11(13)16;/h2-5,14H,6-8H2,1H3,(H2,13,16)(H,15,17);1H. The third kappa shape index (κ3) is 7.28. The van der Waals surface area contributed by atoms with Gasteiger partial charge >= 0.3 is 0 Å². The minimum Gasteiger partial charge on any atom is -0.484 e. The molecular formula is C12H18ClN3O3. The number of carbonyl (C=O) groups excluding carboxylic acids is 2. The van der Waals surface area contributed by atoms with Crippen LogP contribution in [0.2, 0.25) is 0 Å². The summed E-state index contributed by atoms with van der Waals surface area (Å²) in [4.78, 5) is 21.9. The molecule has 0 saturated heterocycles. The zero-order chi connectivity index (χ0) is 13.4. The van der Waals surface area contributed by atoms with Crippen molar-refractivity contribution in [3.63, 3.8) is 0 Å². The summed E-state index contributed by atoms with van der Waals surface area (Å²) in [6, 6.07) is 6.73. The van der Waals surface area contributed by atoms with Gasteiger partial charge in [-0.05, 0) is 31.3 Å². The molecule has 2 amide bonds. The number of rotatable bonds is 7. The highest BCUT2D eigenvalue weighted by Gasteiger charge is 2.02. The summed E-state index contributed by atoms with van der Waals surface area (Å²) in [5.41, 5.74) is 5.64. The van der Waals surface area contributed by atoms with Crippen molar-refractivity contribution in [3.8, 4) is 5.75 Å². The second-order valence-electron chi connectivity index (χ2n) is 3.68. The minimum absolute atomic E-state index is 0. The average molecular weight is 288 g/mol. The van der Waals surface area contributed by atoms with Crippen molar-refractivity contribution in [3.05, 3.63) is 24.3 Å². The fourth-order valence-electron chi connectivity index (χ4n) is 1.25. The number of benzene rings is 1. The highest BCUT2D eigenvalue weighted by atomic mass is 35.5. The van der Waals surface area contributed by atoms with Gasteiger partial charge in [-0.3, -0.25) is 9.59 Å².